The van der Waals surface area contributed by atoms with Gasteiger partial charge in [-0.1, -0.05) is 12.1 Å². The molecule has 4 rings (SSSR count). The summed E-state index contributed by atoms with van der Waals surface area (Å²) in [5, 5.41) is 3.04. The summed E-state index contributed by atoms with van der Waals surface area (Å²) >= 11 is 0. The van der Waals surface area contributed by atoms with Gasteiger partial charge < -0.3 is 20.9 Å². The van der Waals surface area contributed by atoms with E-state index in [0.29, 0.717) is 30.0 Å². The summed E-state index contributed by atoms with van der Waals surface area (Å²) in [6.07, 6.45) is -4.05. The fourth-order valence-corrected chi connectivity index (χ4v) is 4.75. The van der Waals surface area contributed by atoms with Crippen LogP contribution < -0.4 is 16.0 Å². The molecular formula is C25H28F4N4O2. The molecule has 2 aliphatic heterocycles. The highest BCUT2D eigenvalue weighted by atomic mass is 19.4. The van der Waals surface area contributed by atoms with Gasteiger partial charge in [0.2, 0.25) is 11.8 Å². The molecule has 2 aromatic rings. The zero-order chi connectivity index (χ0) is 25.3. The molecule has 3 N–H and O–H groups in total. The molecule has 0 radical (unpaired) electrons. The van der Waals surface area contributed by atoms with Crippen LogP contribution in [0.25, 0.3) is 0 Å². The molecule has 0 aromatic heterocycles. The van der Waals surface area contributed by atoms with Gasteiger partial charge in [0, 0.05) is 49.5 Å². The summed E-state index contributed by atoms with van der Waals surface area (Å²) < 4.78 is 53.9. The number of carbonyl (C=O) groups excluding carboxylic acids is 2. The first-order valence-corrected chi connectivity index (χ1v) is 11.6. The molecule has 2 aromatic carbocycles. The lowest BCUT2D eigenvalue weighted by Gasteiger charge is -2.35. The Kier molecular flexibility index (Phi) is 6.91. The van der Waals surface area contributed by atoms with E-state index in [0.717, 1.165) is 5.56 Å². The summed E-state index contributed by atoms with van der Waals surface area (Å²) in [6, 6.07) is 10.5. The number of nitrogens with zero attached hydrogens (tertiary/aromatic N) is 2. The number of amides is 2. The van der Waals surface area contributed by atoms with E-state index in [2.05, 4.69) is 5.32 Å². The van der Waals surface area contributed by atoms with Crippen LogP contribution in [0.3, 0.4) is 0 Å². The number of nitrogens with one attached hydrogen (secondary N) is 1. The van der Waals surface area contributed by atoms with Crippen LogP contribution in [0.1, 0.15) is 30.4 Å². The van der Waals surface area contributed by atoms with Gasteiger partial charge in [0.1, 0.15) is 0 Å². The summed E-state index contributed by atoms with van der Waals surface area (Å²) in [5.41, 5.74) is 8.07. The standard InChI is InChI=1S/C25H28F4N4O2/c1-15-21(32-10-8-18(9-11-32)25(27,28)29)7-6-20(23(15)26)31-19-4-2-16(3-5-19)13-33-14-17(24(30)35)12-22(33)34/h2-7,17-18,31H,8-14H2,1H3,(H2,30,35). The number of carbonyl (C=O) groups is 2. The number of hydrogen-bond acceptors (Lipinski definition) is 4. The summed E-state index contributed by atoms with van der Waals surface area (Å²) in [7, 11) is 0. The second-order valence-electron chi connectivity index (χ2n) is 9.27. The maximum atomic E-state index is 15.1. The lowest BCUT2D eigenvalue weighted by molar-refractivity contribution is -0.179. The summed E-state index contributed by atoms with van der Waals surface area (Å²) in [5.74, 6) is -2.81. The minimum Gasteiger partial charge on any atom is -0.371 e. The number of piperidine rings is 1. The fraction of sp³-hybridized carbons (Fsp3) is 0.440. The van der Waals surface area contributed by atoms with Gasteiger partial charge in [0.15, 0.2) is 5.82 Å². The normalized spacial score (nSPS) is 19.3. The van der Waals surface area contributed by atoms with Crippen LogP contribution in [0.5, 0.6) is 0 Å². The van der Waals surface area contributed by atoms with Crippen LogP contribution in [-0.4, -0.2) is 42.5 Å². The SMILES string of the molecule is Cc1c(N2CCC(C(F)(F)F)CC2)ccc(Nc2ccc(CN3CC(C(N)=O)CC3=O)cc2)c1F. The Morgan fingerprint density at radius 1 is 1.11 bits per heavy atom. The molecule has 2 heterocycles. The van der Waals surface area contributed by atoms with Crippen molar-refractivity contribution in [2.24, 2.45) is 17.6 Å². The van der Waals surface area contributed by atoms with Crippen molar-refractivity contribution in [3.63, 3.8) is 0 Å². The average molecular weight is 493 g/mol. The largest absolute Gasteiger partial charge is 0.391 e. The first-order valence-electron chi connectivity index (χ1n) is 11.6. The predicted molar refractivity (Wildman–Crippen MR) is 125 cm³/mol. The summed E-state index contributed by atoms with van der Waals surface area (Å²) in [4.78, 5) is 26.8. The fourth-order valence-electron chi connectivity index (χ4n) is 4.75. The van der Waals surface area contributed by atoms with E-state index in [1.165, 1.54) is 0 Å². The van der Waals surface area contributed by atoms with Crippen LogP contribution >= 0.6 is 0 Å². The maximum absolute atomic E-state index is 15.1. The molecule has 1 atom stereocenters. The zero-order valence-electron chi connectivity index (χ0n) is 19.4. The smallest absolute Gasteiger partial charge is 0.371 e. The minimum absolute atomic E-state index is 0.00310. The van der Waals surface area contributed by atoms with Crippen molar-refractivity contribution in [1.29, 1.82) is 0 Å². The van der Waals surface area contributed by atoms with Crippen LogP contribution in [-0.2, 0) is 16.1 Å². The molecule has 10 heteroatoms. The molecule has 2 aliphatic rings. The monoisotopic (exact) mass is 492 g/mol. The second-order valence-corrected chi connectivity index (χ2v) is 9.27. The zero-order valence-corrected chi connectivity index (χ0v) is 19.4. The van der Waals surface area contributed by atoms with Gasteiger partial charge in [-0.2, -0.15) is 13.2 Å². The maximum Gasteiger partial charge on any atom is 0.391 e. The molecule has 2 fully saturated rings. The Bertz CT molecular complexity index is 1100. The Morgan fingerprint density at radius 3 is 2.34 bits per heavy atom. The number of likely N-dealkylation sites (tertiary alicyclic amines) is 1. The van der Waals surface area contributed by atoms with Crippen LogP contribution in [0.2, 0.25) is 0 Å². The number of halogens is 4. The van der Waals surface area contributed by atoms with Gasteiger partial charge >= 0.3 is 6.18 Å². The van der Waals surface area contributed by atoms with Crippen molar-refractivity contribution < 1.29 is 27.2 Å². The van der Waals surface area contributed by atoms with Crippen molar-refractivity contribution >= 4 is 28.9 Å². The number of nitrogens with two attached hydrogens (primary N) is 1. The molecule has 188 valence electrons. The first-order chi connectivity index (χ1) is 16.5. The van der Waals surface area contributed by atoms with Crippen LogP contribution in [0.4, 0.5) is 34.6 Å². The molecule has 0 spiro atoms. The Labute approximate surface area is 201 Å². The number of rotatable bonds is 6. The number of anilines is 3. The minimum atomic E-state index is -4.19. The summed E-state index contributed by atoms with van der Waals surface area (Å²) in [6.45, 7) is 2.76. The Hall–Kier alpha value is -3.30. The molecule has 0 saturated carbocycles. The predicted octanol–water partition coefficient (Wildman–Crippen LogP) is 4.49. The van der Waals surface area contributed by atoms with Crippen molar-refractivity contribution in [1.82, 2.24) is 4.90 Å². The highest BCUT2D eigenvalue weighted by molar-refractivity contribution is 5.88. The third-order valence-corrected chi connectivity index (χ3v) is 6.88. The van der Waals surface area contributed by atoms with Gasteiger partial charge in [-0.05, 0) is 49.6 Å². The quantitative estimate of drug-likeness (QED) is 0.583. The topological polar surface area (TPSA) is 78.7 Å². The molecule has 2 amide bonds. The lowest BCUT2D eigenvalue weighted by atomic mass is 9.95. The van der Waals surface area contributed by atoms with E-state index in [1.54, 1.807) is 36.1 Å². The lowest BCUT2D eigenvalue weighted by Crippen LogP contribution is -2.39. The third-order valence-electron chi connectivity index (χ3n) is 6.88. The van der Waals surface area contributed by atoms with E-state index in [4.69, 9.17) is 5.73 Å². The highest BCUT2D eigenvalue weighted by Crippen LogP contribution is 2.37. The molecule has 35 heavy (non-hydrogen) atoms. The van der Waals surface area contributed by atoms with E-state index in [-0.39, 0.29) is 43.9 Å². The van der Waals surface area contributed by atoms with E-state index in [1.807, 2.05) is 17.0 Å². The van der Waals surface area contributed by atoms with Crippen molar-refractivity contribution in [3.05, 3.63) is 53.3 Å². The molecule has 2 saturated heterocycles. The van der Waals surface area contributed by atoms with E-state index < -0.39 is 29.7 Å². The Balaban J connectivity index is 1.39. The number of benzene rings is 2. The van der Waals surface area contributed by atoms with Gasteiger partial charge in [0.05, 0.1) is 17.5 Å². The number of alkyl halides is 3. The van der Waals surface area contributed by atoms with Crippen molar-refractivity contribution in [2.45, 2.75) is 38.9 Å². The average Bonchev–Trinajstić information content (AvgIpc) is 3.18. The third kappa shape index (κ3) is 5.52. The van der Waals surface area contributed by atoms with Gasteiger partial charge in [-0.25, -0.2) is 4.39 Å². The molecule has 6 nitrogen and oxygen atoms in total. The Morgan fingerprint density at radius 2 is 1.77 bits per heavy atom. The van der Waals surface area contributed by atoms with Crippen LogP contribution in [0, 0.1) is 24.6 Å². The van der Waals surface area contributed by atoms with Gasteiger partial charge in [-0.3, -0.25) is 9.59 Å². The van der Waals surface area contributed by atoms with E-state index in [9.17, 15) is 22.8 Å². The van der Waals surface area contributed by atoms with Gasteiger partial charge in [-0.15, -0.1) is 0 Å². The second kappa shape index (κ2) is 9.75. The first kappa shape index (κ1) is 24.8. The van der Waals surface area contributed by atoms with Crippen molar-refractivity contribution in [2.75, 3.05) is 29.9 Å². The number of hydrogen-bond donors (Lipinski definition) is 2. The van der Waals surface area contributed by atoms with Crippen molar-refractivity contribution in [3.8, 4) is 0 Å². The molecule has 0 bridgehead atoms. The molecule has 1 unspecified atom stereocenters. The molecular weight excluding hydrogens is 464 g/mol. The van der Waals surface area contributed by atoms with Crippen LogP contribution in [0.15, 0.2) is 36.4 Å². The molecule has 0 aliphatic carbocycles. The highest BCUT2D eigenvalue weighted by Gasteiger charge is 2.41. The number of primary amides is 1. The van der Waals surface area contributed by atoms with E-state index >= 15 is 4.39 Å². The van der Waals surface area contributed by atoms with Gasteiger partial charge in [0.25, 0.3) is 0 Å².